The molecule has 1 amide bonds. The Morgan fingerprint density at radius 2 is 2.21 bits per heavy atom. The van der Waals surface area contributed by atoms with Crippen LogP contribution in [0.1, 0.15) is 0 Å². The number of rotatable bonds is 2. The fraction of sp³-hybridized carbons (Fsp3) is 0.125. The number of hydrogen-bond acceptors (Lipinski definition) is 4. The predicted octanol–water partition coefficient (Wildman–Crippen LogP) is 1.07. The highest BCUT2D eigenvalue weighted by atomic mass is 16.5. The average Bonchev–Trinajstić information content (AvgIpc) is 2.09. The Bertz CT molecular complexity index is 365. The molecule has 0 unspecified atom stereocenters. The summed E-state index contributed by atoms with van der Waals surface area (Å²) in [7, 11) is 1.40. The van der Waals surface area contributed by atoms with Crippen molar-refractivity contribution in [3.05, 3.63) is 12.1 Å². The number of benzene rings is 1. The molecule has 6 heteroatoms. The molecule has 76 valence electrons. The van der Waals surface area contributed by atoms with Gasteiger partial charge in [-0.3, -0.25) is 5.32 Å². The maximum Gasteiger partial charge on any atom is 0.409 e. The summed E-state index contributed by atoms with van der Waals surface area (Å²) in [5.74, 6) is 0.0530. The summed E-state index contributed by atoms with van der Waals surface area (Å²) in [6.45, 7) is 0. The van der Waals surface area contributed by atoms with Crippen molar-refractivity contribution in [3.8, 4) is 11.5 Å². The van der Waals surface area contributed by atoms with E-state index in [9.17, 15) is 9.90 Å². The van der Waals surface area contributed by atoms with Gasteiger partial charge >= 0.3 is 6.09 Å². The topological polar surface area (TPSA) is 105 Å². The van der Waals surface area contributed by atoms with E-state index in [1.54, 1.807) is 0 Å². The van der Waals surface area contributed by atoms with E-state index >= 15 is 0 Å². The van der Waals surface area contributed by atoms with Crippen LogP contribution >= 0.6 is 0 Å². The van der Waals surface area contributed by atoms with Gasteiger partial charge in [-0.1, -0.05) is 0 Å². The molecule has 1 aromatic rings. The van der Waals surface area contributed by atoms with Crippen LogP contribution in [-0.2, 0) is 0 Å². The number of anilines is 2. The molecule has 0 aromatic heterocycles. The summed E-state index contributed by atoms with van der Waals surface area (Å²) >= 11 is 0. The zero-order valence-corrected chi connectivity index (χ0v) is 7.44. The lowest BCUT2D eigenvalue weighted by Gasteiger charge is -2.09. The van der Waals surface area contributed by atoms with Gasteiger partial charge in [0, 0.05) is 12.1 Å². The van der Waals surface area contributed by atoms with Crippen molar-refractivity contribution in [1.82, 2.24) is 0 Å². The van der Waals surface area contributed by atoms with Gasteiger partial charge in [-0.2, -0.15) is 0 Å². The maximum atomic E-state index is 10.3. The zero-order valence-electron chi connectivity index (χ0n) is 7.44. The number of carboxylic acid groups (broad SMARTS) is 1. The Kier molecular flexibility index (Phi) is 2.66. The number of ether oxygens (including phenoxy) is 1. The summed E-state index contributed by atoms with van der Waals surface area (Å²) in [5, 5.41) is 19.7. The molecule has 0 fully saturated rings. The van der Waals surface area contributed by atoms with Crippen LogP contribution in [0.3, 0.4) is 0 Å². The van der Waals surface area contributed by atoms with Crippen LogP contribution in [0.25, 0.3) is 0 Å². The van der Waals surface area contributed by atoms with Crippen molar-refractivity contribution >= 4 is 17.5 Å². The molecule has 0 saturated heterocycles. The second-order valence-corrected chi connectivity index (χ2v) is 2.54. The van der Waals surface area contributed by atoms with Gasteiger partial charge in [-0.05, 0) is 0 Å². The van der Waals surface area contributed by atoms with Crippen molar-refractivity contribution in [1.29, 1.82) is 0 Å². The number of phenolic OH excluding ortho intramolecular Hbond substituents is 1. The summed E-state index contributed by atoms with van der Waals surface area (Å²) < 4.78 is 4.85. The molecule has 0 bridgehead atoms. The van der Waals surface area contributed by atoms with Crippen molar-refractivity contribution in [2.45, 2.75) is 0 Å². The fourth-order valence-electron chi connectivity index (χ4n) is 0.977. The van der Waals surface area contributed by atoms with E-state index in [0.29, 0.717) is 5.75 Å². The molecule has 0 radical (unpaired) electrons. The van der Waals surface area contributed by atoms with E-state index in [0.717, 1.165) is 0 Å². The Morgan fingerprint density at radius 1 is 1.57 bits per heavy atom. The lowest BCUT2D eigenvalue weighted by Crippen LogP contribution is -2.07. The number of aromatic hydroxyl groups is 1. The van der Waals surface area contributed by atoms with Crippen LogP contribution in [0.4, 0.5) is 16.2 Å². The first-order valence-electron chi connectivity index (χ1n) is 3.71. The second-order valence-electron chi connectivity index (χ2n) is 2.54. The minimum atomic E-state index is -1.27. The maximum absolute atomic E-state index is 10.3. The van der Waals surface area contributed by atoms with Crippen LogP contribution in [-0.4, -0.2) is 23.4 Å². The fourth-order valence-corrected chi connectivity index (χ4v) is 0.977. The van der Waals surface area contributed by atoms with E-state index in [4.69, 9.17) is 15.6 Å². The first-order valence-corrected chi connectivity index (χ1v) is 3.71. The minimum Gasteiger partial charge on any atom is -0.506 e. The van der Waals surface area contributed by atoms with Gasteiger partial charge < -0.3 is 20.7 Å². The molecule has 0 spiro atoms. The van der Waals surface area contributed by atoms with Gasteiger partial charge in [0.2, 0.25) is 0 Å². The van der Waals surface area contributed by atoms with Crippen LogP contribution < -0.4 is 15.8 Å². The van der Waals surface area contributed by atoms with Crippen molar-refractivity contribution in [2.24, 2.45) is 0 Å². The number of carbonyl (C=O) groups is 1. The molecule has 0 aliphatic rings. The van der Waals surface area contributed by atoms with E-state index in [1.807, 2.05) is 5.32 Å². The Labute approximate surface area is 79.9 Å². The quantitative estimate of drug-likeness (QED) is 0.420. The Morgan fingerprint density at radius 3 is 2.71 bits per heavy atom. The normalized spacial score (nSPS) is 9.50. The standard InChI is InChI=1S/C8H10N2O4/c1-14-7-3-5(10-8(12)13)6(11)2-4(7)9/h2-3,10-11H,9H2,1H3,(H,12,13). The van der Waals surface area contributed by atoms with Gasteiger partial charge in [0.25, 0.3) is 0 Å². The molecular weight excluding hydrogens is 188 g/mol. The summed E-state index contributed by atoms with van der Waals surface area (Å²) in [5.41, 5.74) is 5.74. The number of amides is 1. The molecule has 0 atom stereocenters. The van der Waals surface area contributed by atoms with E-state index in [-0.39, 0.29) is 17.1 Å². The molecule has 0 aliphatic carbocycles. The number of phenols is 1. The van der Waals surface area contributed by atoms with Crippen LogP contribution in [0.2, 0.25) is 0 Å². The van der Waals surface area contributed by atoms with Crippen LogP contribution in [0.5, 0.6) is 11.5 Å². The van der Waals surface area contributed by atoms with E-state index < -0.39 is 6.09 Å². The molecule has 1 aromatic carbocycles. The van der Waals surface area contributed by atoms with E-state index in [2.05, 4.69) is 0 Å². The van der Waals surface area contributed by atoms with Crippen molar-refractivity contribution < 1.29 is 19.7 Å². The molecule has 1 rings (SSSR count). The third-order valence-electron chi connectivity index (χ3n) is 1.59. The van der Waals surface area contributed by atoms with Crippen LogP contribution in [0.15, 0.2) is 12.1 Å². The third kappa shape index (κ3) is 1.98. The number of nitrogens with one attached hydrogen (secondary N) is 1. The van der Waals surface area contributed by atoms with Crippen molar-refractivity contribution in [3.63, 3.8) is 0 Å². The number of methoxy groups -OCH3 is 1. The minimum absolute atomic E-state index is 0.0311. The van der Waals surface area contributed by atoms with Gasteiger partial charge in [0.1, 0.15) is 11.5 Å². The van der Waals surface area contributed by atoms with Crippen LogP contribution in [0, 0.1) is 0 Å². The highest BCUT2D eigenvalue weighted by Gasteiger charge is 2.09. The number of nitrogens with two attached hydrogens (primary N) is 1. The summed E-state index contributed by atoms with van der Waals surface area (Å²) in [4.78, 5) is 10.3. The first kappa shape index (κ1) is 9.97. The molecule has 6 nitrogen and oxygen atoms in total. The largest absolute Gasteiger partial charge is 0.506 e. The first-order chi connectivity index (χ1) is 6.54. The van der Waals surface area contributed by atoms with Crippen molar-refractivity contribution in [2.75, 3.05) is 18.2 Å². The second kappa shape index (κ2) is 3.73. The monoisotopic (exact) mass is 198 g/mol. The molecule has 0 heterocycles. The van der Waals surface area contributed by atoms with E-state index in [1.165, 1.54) is 19.2 Å². The molecule has 5 N–H and O–H groups in total. The smallest absolute Gasteiger partial charge is 0.409 e. The lowest BCUT2D eigenvalue weighted by atomic mass is 10.2. The Hall–Kier alpha value is -2.11. The highest BCUT2D eigenvalue weighted by molar-refractivity contribution is 5.86. The highest BCUT2D eigenvalue weighted by Crippen LogP contribution is 2.33. The predicted molar refractivity (Wildman–Crippen MR) is 50.7 cm³/mol. The third-order valence-corrected chi connectivity index (χ3v) is 1.59. The van der Waals surface area contributed by atoms with Gasteiger partial charge in [0.15, 0.2) is 0 Å². The Balaban J connectivity index is 3.10. The number of nitrogen functional groups attached to an aromatic ring is 1. The zero-order chi connectivity index (χ0) is 10.7. The SMILES string of the molecule is COc1cc(NC(=O)O)c(O)cc1N. The molecule has 14 heavy (non-hydrogen) atoms. The average molecular weight is 198 g/mol. The summed E-state index contributed by atoms with van der Waals surface area (Å²) in [6.07, 6.45) is -1.27. The lowest BCUT2D eigenvalue weighted by molar-refractivity contribution is 0.209. The summed E-state index contributed by atoms with van der Waals surface area (Å²) in [6, 6.07) is 2.52. The molecule has 0 saturated carbocycles. The van der Waals surface area contributed by atoms with Gasteiger partial charge in [-0.15, -0.1) is 0 Å². The van der Waals surface area contributed by atoms with Gasteiger partial charge in [-0.25, -0.2) is 4.79 Å². The number of hydrogen-bond donors (Lipinski definition) is 4. The van der Waals surface area contributed by atoms with Gasteiger partial charge in [0.05, 0.1) is 18.5 Å². The molecular formula is C8H10N2O4. The molecule has 0 aliphatic heterocycles.